The first-order chi connectivity index (χ1) is 18.0. The summed E-state index contributed by atoms with van der Waals surface area (Å²) in [7, 11) is 0. The molecule has 208 valence electrons. The van der Waals surface area contributed by atoms with Crippen LogP contribution in [0.2, 0.25) is 0 Å². The first kappa shape index (κ1) is 31.0. The number of aromatic hydroxyl groups is 1. The number of para-hydroxylation sites is 1. The number of benzene rings is 2. The summed E-state index contributed by atoms with van der Waals surface area (Å²) in [4.78, 5) is 41.8. The van der Waals surface area contributed by atoms with Gasteiger partial charge in [-0.2, -0.15) is 11.8 Å². The number of phenols is 1. The van der Waals surface area contributed by atoms with E-state index in [0.29, 0.717) is 29.7 Å². The van der Waals surface area contributed by atoms with E-state index in [9.17, 15) is 19.5 Å². The molecule has 0 heterocycles. The second kappa shape index (κ2) is 14.7. The highest BCUT2D eigenvalue weighted by atomic mass is 32.2. The zero-order valence-corrected chi connectivity index (χ0v) is 24.1. The van der Waals surface area contributed by atoms with Crippen molar-refractivity contribution in [1.82, 2.24) is 15.5 Å². The van der Waals surface area contributed by atoms with Gasteiger partial charge < -0.3 is 25.4 Å². The molecule has 2 atom stereocenters. The van der Waals surface area contributed by atoms with Gasteiger partial charge in [-0.05, 0) is 63.7 Å². The van der Waals surface area contributed by atoms with Gasteiger partial charge in [0.25, 0.3) is 0 Å². The molecule has 0 radical (unpaired) electrons. The lowest BCUT2D eigenvalue weighted by Gasteiger charge is -2.34. The third kappa shape index (κ3) is 9.28. The van der Waals surface area contributed by atoms with E-state index in [1.54, 1.807) is 57.7 Å². The summed E-state index contributed by atoms with van der Waals surface area (Å²) < 4.78 is 5.41. The molecule has 0 aliphatic carbocycles. The van der Waals surface area contributed by atoms with Crippen LogP contribution in [-0.4, -0.2) is 58.1 Å². The highest BCUT2D eigenvalue weighted by molar-refractivity contribution is 7.98. The fourth-order valence-electron chi connectivity index (χ4n) is 3.99. The number of aryl methyl sites for hydroxylation is 1. The normalized spacial score (nSPS) is 12.8. The van der Waals surface area contributed by atoms with Gasteiger partial charge in [0, 0.05) is 18.7 Å². The van der Waals surface area contributed by atoms with Crippen molar-refractivity contribution in [3.05, 3.63) is 65.2 Å². The summed E-state index contributed by atoms with van der Waals surface area (Å²) in [5.41, 5.74) is 1.11. The lowest BCUT2D eigenvalue weighted by molar-refractivity contribution is -0.142. The van der Waals surface area contributed by atoms with Gasteiger partial charge >= 0.3 is 6.09 Å². The Bertz CT molecular complexity index is 1070. The van der Waals surface area contributed by atoms with E-state index >= 15 is 0 Å². The molecule has 2 aromatic carbocycles. The smallest absolute Gasteiger partial charge is 0.408 e. The van der Waals surface area contributed by atoms with E-state index in [1.807, 2.05) is 43.5 Å². The van der Waals surface area contributed by atoms with Crippen molar-refractivity contribution in [1.29, 1.82) is 0 Å². The number of alkyl carbamates (subject to hydrolysis) is 1. The number of nitrogens with one attached hydrogen (secondary N) is 2. The van der Waals surface area contributed by atoms with Gasteiger partial charge in [-0.1, -0.05) is 55.5 Å². The molecule has 8 nitrogen and oxygen atoms in total. The molecule has 3 N–H and O–H groups in total. The molecule has 0 aromatic heterocycles. The van der Waals surface area contributed by atoms with Crippen LogP contribution >= 0.6 is 11.8 Å². The summed E-state index contributed by atoms with van der Waals surface area (Å²) in [6.45, 7) is 9.43. The molecule has 0 bridgehead atoms. The number of ether oxygens (including phenoxy) is 1. The minimum atomic E-state index is -1.09. The lowest BCUT2D eigenvalue weighted by atomic mass is 9.98. The largest absolute Gasteiger partial charge is 0.507 e. The summed E-state index contributed by atoms with van der Waals surface area (Å²) in [5, 5.41) is 16.6. The molecular weight excluding hydrogens is 502 g/mol. The van der Waals surface area contributed by atoms with Crippen molar-refractivity contribution >= 4 is 29.7 Å². The Morgan fingerprint density at radius 1 is 1.08 bits per heavy atom. The maximum atomic E-state index is 14.0. The Kier molecular flexibility index (Phi) is 12.0. The van der Waals surface area contributed by atoms with Crippen LogP contribution in [-0.2, 0) is 20.9 Å². The average Bonchev–Trinajstić information content (AvgIpc) is 2.86. The summed E-state index contributed by atoms with van der Waals surface area (Å²) in [5.74, 6) is -0.251. The Morgan fingerprint density at radius 3 is 2.37 bits per heavy atom. The topological polar surface area (TPSA) is 108 Å². The minimum Gasteiger partial charge on any atom is -0.507 e. The maximum Gasteiger partial charge on any atom is 0.408 e. The number of hydrogen-bond acceptors (Lipinski definition) is 6. The van der Waals surface area contributed by atoms with Crippen LogP contribution < -0.4 is 10.6 Å². The van der Waals surface area contributed by atoms with Gasteiger partial charge in [0.05, 0.1) is 0 Å². The predicted octanol–water partition coefficient (Wildman–Crippen LogP) is 4.94. The molecule has 3 amide bonds. The van der Waals surface area contributed by atoms with Gasteiger partial charge in [0.1, 0.15) is 23.4 Å². The molecule has 2 aromatic rings. The molecule has 0 saturated heterocycles. The highest BCUT2D eigenvalue weighted by Gasteiger charge is 2.37. The monoisotopic (exact) mass is 543 g/mol. The number of phenolic OH excluding ortho intramolecular Hbond substituents is 1. The molecule has 9 heteroatoms. The molecule has 0 spiro atoms. The lowest BCUT2D eigenvalue weighted by Crippen LogP contribution is -2.53. The van der Waals surface area contributed by atoms with Crippen molar-refractivity contribution in [3.8, 4) is 5.75 Å². The van der Waals surface area contributed by atoms with Gasteiger partial charge in [-0.25, -0.2) is 4.79 Å². The fourth-order valence-corrected chi connectivity index (χ4v) is 4.46. The number of carbonyl (C=O) groups is 3. The molecular formula is C29H41N3O5S. The van der Waals surface area contributed by atoms with Crippen molar-refractivity contribution in [3.63, 3.8) is 0 Å². The van der Waals surface area contributed by atoms with Gasteiger partial charge in [0.2, 0.25) is 11.8 Å². The molecule has 0 fully saturated rings. The van der Waals surface area contributed by atoms with E-state index in [0.717, 1.165) is 5.56 Å². The Hall–Kier alpha value is -3.20. The van der Waals surface area contributed by atoms with Crippen LogP contribution in [0.4, 0.5) is 4.79 Å². The Morgan fingerprint density at radius 2 is 1.76 bits per heavy atom. The molecule has 0 saturated carbocycles. The molecule has 0 aliphatic heterocycles. The second-order valence-electron chi connectivity index (χ2n) is 10.1. The second-order valence-corrected chi connectivity index (χ2v) is 11.1. The first-order valence-corrected chi connectivity index (χ1v) is 14.3. The molecule has 2 unspecified atom stereocenters. The third-order valence-electron chi connectivity index (χ3n) is 5.78. The summed E-state index contributed by atoms with van der Waals surface area (Å²) >= 11 is 1.55. The number of carbonyl (C=O) groups excluding carboxylic acids is 3. The molecule has 38 heavy (non-hydrogen) atoms. The van der Waals surface area contributed by atoms with Crippen LogP contribution in [0.25, 0.3) is 0 Å². The van der Waals surface area contributed by atoms with E-state index in [4.69, 9.17) is 4.74 Å². The Balaban J connectivity index is 2.46. The first-order valence-electron chi connectivity index (χ1n) is 12.9. The highest BCUT2D eigenvalue weighted by Crippen LogP contribution is 2.32. The number of amides is 3. The standard InChI is InChI=1S/C29H41N3O5S/c1-7-17-32(27(35)23(16-18-38-6)31-28(36)37-29(3,4)5)24(22-15-11-12-20(2)25(22)33)26(34)30-19-21-13-9-8-10-14-21/h8-15,23-24,33H,7,16-19H2,1-6H3,(H,30,34)(H,31,36). The molecule has 0 aliphatic rings. The van der Waals surface area contributed by atoms with Crippen LogP contribution in [0.5, 0.6) is 5.75 Å². The van der Waals surface area contributed by atoms with Crippen LogP contribution in [0.3, 0.4) is 0 Å². The number of rotatable bonds is 12. The number of nitrogens with zero attached hydrogens (tertiary/aromatic N) is 1. The minimum absolute atomic E-state index is 0.0398. The number of thioether (sulfide) groups is 1. The van der Waals surface area contributed by atoms with Gasteiger partial charge in [-0.15, -0.1) is 0 Å². The number of hydrogen-bond donors (Lipinski definition) is 3. The average molecular weight is 544 g/mol. The van der Waals surface area contributed by atoms with Crippen LogP contribution in [0, 0.1) is 6.92 Å². The quantitative estimate of drug-likeness (QED) is 0.350. The zero-order valence-electron chi connectivity index (χ0n) is 23.2. The van der Waals surface area contributed by atoms with E-state index < -0.39 is 35.6 Å². The molecule has 2 rings (SSSR count). The van der Waals surface area contributed by atoms with Crippen molar-refractivity contribution < 1.29 is 24.2 Å². The third-order valence-corrected chi connectivity index (χ3v) is 6.42. The van der Waals surface area contributed by atoms with E-state index in [-0.39, 0.29) is 18.8 Å². The maximum absolute atomic E-state index is 14.0. The zero-order chi connectivity index (χ0) is 28.3. The SMILES string of the molecule is CCCN(C(=O)C(CCSC)NC(=O)OC(C)(C)C)C(C(=O)NCc1ccccc1)c1cccc(C)c1O. The summed E-state index contributed by atoms with van der Waals surface area (Å²) in [6.07, 6.45) is 2.15. The van der Waals surface area contributed by atoms with Crippen molar-refractivity contribution in [2.45, 2.75) is 71.7 Å². The van der Waals surface area contributed by atoms with Crippen molar-refractivity contribution in [2.75, 3.05) is 18.6 Å². The van der Waals surface area contributed by atoms with Crippen molar-refractivity contribution in [2.24, 2.45) is 0 Å². The van der Waals surface area contributed by atoms with E-state index in [1.165, 1.54) is 4.90 Å². The van der Waals surface area contributed by atoms with E-state index in [2.05, 4.69) is 10.6 Å². The van der Waals surface area contributed by atoms with Gasteiger partial charge in [-0.3, -0.25) is 9.59 Å². The summed E-state index contributed by atoms with van der Waals surface area (Å²) in [6, 6.07) is 12.6. The fraction of sp³-hybridized carbons (Fsp3) is 0.483. The van der Waals surface area contributed by atoms with Crippen LogP contribution in [0.15, 0.2) is 48.5 Å². The Labute approximate surface area is 230 Å². The van der Waals surface area contributed by atoms with Gasteiger partial charge in [0.15, 0.2) is 0 Å². The van der Waals surface area contributed by atoms with Crippen LogP contribution in [0.1, 0.15) is 63.3 Å². The predicted molar refractivity (Wildman–Crippen MR) is 152 cm³/mol.